The van der Waals surface area contributed by atoms with E-state index in [0.717, 1.165) is 0 Å². The lowest BCUT2D eigenvalue weighted by molar-refractivity contribution is -0.143. The fraction of sp³-hybridized carbons (Fsp3) is 0.182. The first-order valence-electron chi connectivity index (χ1n) is 9.39. The Morgan fingerprint density at radius 1 is 1.06 bits per heavy atom. The first kappa shape index (κ1) is 21.4. The molecule has 1 fully saturated rings. The molecule has 9 heteroatoms. The normalized spacial score (nSPS) is 14.6. The highest BCUT2D eigenvalue weighted by atomic mass is 35.5. The fourth-order valence-electron chi connectivity index (χ4n) is 3.20. The molecule has 1 aliphatic heterocycles. The summed E-state index contributed by atoms with van der Waals surface area (Å²) in [6, 6.07) is 14.9. The zero-order valence-electron chi connectivity index (χ0n) is 16.2. The molecule has 1 saturated heterocycles. The number of ether oxygens (including phenoxy) is 1. The lowest BCUT2D eigenvalue weighted by Gasteiger charge is -2.40. The molecule has 0 spiro atoms. The Bertz CT molecular complexity index is 1140. The van der Waals surface area contributed by atoms with Gasteiger partial charge in [0, 0.05) is 10.6 Å². The zero-order valence-corrected chi connectivity index (χ0v) is 17.7. The van der Waals surface area contributed by atoms with Crippen molar-refractivity contribution in [2.24, 2.45) is 0 Å². The van der Waals surface area contributed by atoms with Gasteiger partial charge in [0.05, 0.1) is 36.0 Å². The molecule has 0 atom stereocenters. The number of hydrogen-bond acceptors (Lipinski definition) is 5. The minimum absolute atomic E-state index is 0.0142. The van der Waals surface area contributed by atoms with Crippen molar-refractivity contribution < 1.29 is 23.8 Å². The van der Waals surface area contributed by atoms with Crippen LogP contribution in [0.25, 0.3) is 11.3 Å². The van der Waals surface area contributed by atoms with Crippen LogP contribution in [0.2, 0.25) is 10.0 Å². The molecule has 0 saturated carbocycles. The number of carbonyl (C=O) groups is 2. The highest BCUT2D eigenvalue weighted by Gasteiger charge is 2.46. The number of benzene rings is 2. The molecule has 0 aliphatic carbocycles. The number of anilines is 1. The molecule has 3 aromatic rings. The molecular weight excluding hydrogens is 443 g/mol. The van der Waals surface area contributed by atoms with Gasteiger partial charge in [-0.1, -0.05) is 35.3 Å². The van der Waals surface area contributed by atoms with Crippen LogP contribution in [-0.4, -0.2) is 35.7 Å². The van der Waals surface area contributed by atoms with Gasteiger partial charge in [0.1, 0.15) is 17.1 Å². The molecule has 0 radical (unpaired) electrons. The molecule has 31 heavy (non-hydrogen) atoms. The van der Waals surface area contributed by atoms with Crippen LogP contribution < -0.4 is 10.6 Å². The Balaban J connectivity index is 1.46. The second kappa shape index (κ2) is 8.72. The minimum atomic E-state index is -1.12. The number of nitrogens with one attached hydrogen (secondary N) is 2. The van der Waals surface area contributed by atoms with Crippen molar-refractivity contribution in [3.8, 4) is 11.3 Å². The summed E-state index contributed by atoms with van der Waals surface area (Å²) < 4.78 is 11.1. The maximum absolute atomic E-state index is 12.9. The Morgan fingerprint density at radius 2 is 1.84 bits per heavy atom. The van der Waals surface area contributed by atoms with Gasteiger partial charge in [0.2, 0.25) is 5.91 Å². The number of carbonyl (C=O) groups excluding carboxylic acids is 1. The molecule has 1 amide bonds. The molecular formula is C22H18Cl2N2O5. The third kappa shape index (κ3) is 4.45. The highest BCUT2D eigenvalue weighted by molar-refractivity contribution is 6.35. The van der Waals surface area contributed by atoms with E-state index in [-0.39, 0.29) is 36.9 Å². The van der Waals surface area contributed by atoms with Gasteiger partial charge < -0.3 is 19.6 Å². The second-order valence-corrected chi connectivity index (χ2v) is 7.97. The van der Waals surface area contributed by atoms with E-state index in [2.05, 4.69) is 10.6 Å². The SMILES string of the molecule is O=C(O)c1ccccc1NC(=O)C1(NCc2ccc(-c3cc(Cl)ccc3Cl)o2)COC1. The second-order valence-electron chi connectivity index (χ2n) is 7.12. The van der Waals surface area contributed by atoms with E-state index < -0.39 is 11.5 Å². The number of rotatable bonds is 7. The van der Waals surface area contributed by atoms with Crippen LogP contribution in [-0.2, 0) is 16.1 Å². The summed E-state index contributed by atoms with van der Waals surface area (Å²) >= 11 is 12.3. The van der Waals surface area contributed by atoms with Gasteiger partial charge in [-0.25, -0.2) is 4.79 Å². The van der Waals surface area contributed by atoms with Gasteiger partial charge in [0.25, 0.3) is 0 Å². The molecule has 1 aliphatic rings. The molecule has 1 aromatic heterocycles. The van der Waals surface area contributed by atoms with Crippen molar-refractivity contribution in [3.63, 3.8) is 0 Å². The molecule has 3 N–H and O–H groups in total. The Kier molecular flexibility index (Phi) is 6.02. The zero-order chi connectivity index (χ0) is 22.0. The van der Waals surface area contributed by atoms with Crippen LogP contribution in [0.3, 0.4) is 0 Å². The number of amides is 1. The minimum Gasteiger partial charge on any atom is -0.478 e. The largest absolute Gasteiger partial charge is 0.478 e. The summed E-state index contributed by atoms with van der Waals surface area (Å²) in [5, 5.41) is 16.2. The lowest BCUT2D eigenvalue weighted by Crippen LogP contribution is -2.67. The Labute approximate surface area is 187 Å². The van der Waals surface area contributed by atoms with E-state index in [1.54, 1.807) is 48.5 Å². The van der Waals surface area contributed by atoms with E-state index in [9.17, 15) is 14.7 Å². The van der Waals surface area contributed by atoms with Gasteiger partial charge in [0.15, 0.2) is 0 Å². The molecule has 2 heterocycles. The fourth-order valence-corrected chi connectivity index (χ4v) is 3.58. The third-order valence-corrected chi connectivity index (χ3v) is 5.56. The highest BCUT2D eigenvalue weighted by Crippen LogP contribution is 2.32. The van der Waals surface area contributed by atoms with Crippen LogP contribution in [0.15, 0.2) is 59.0 Å². The van der Waals surface area contributed by atoms with Crippen LogP contribution in [0.5, 0.6) is 0 Å². The predicted octanol–water partition coefficient (Wildman–Crippen LogP) is 4.45. The topological polar surface area (TPSA) is 101 Å². The number of carboxylic acid groups (broad SMARTS) is 1. The number of halogens is 2. The summed E-state index contributed by atoms with van der Waals surface area (Å²) in [5.74, 6) is -0.346. The van der Waals surface area contributed by atoms with E-state index >= 15 is 0 Å². The number of aromatic carboxylic acids is 1. The van der Waals surface area contributed by atoms with Gasteiger partial charge in [-0.05, 0) is 42.5 Å². The summed E-state index contributed by atoms with van der Waals surface area (Å²) in [6.07, 6.45) is 0. The van der Waals surface area contributed by atoms with Gasteiger partial charge in [-0.15, -0.1) is 0 Å². The average Bonchev–Trinajstić information content (AvgIpc) is 3.18. The molecule has 7 nitrogen and oxygen atoms in total. The summed E-state index contributed by atoms with van der Waals surface area (Å²) in [4.78, 5) is 24.3. The smallest absolute Gasteiger partial charge is 0.337 e. The number of hydrogen-bond donors (Lipinski definition) is 3. The van der Waals surface area contributed by atoms with E-state index in [1.807, 2.05) is 0 Å². The number of furan rings is 1. The first-order valence-corrected chi connectivity index (χ1v) is 10.1. The van der Waals surface area contributed by atoms with Crippen LogP contribution in [0, 0.1) is 0 Å². The van der Waals surface area contributed by atoms with Crippen LogP contribution >= 0.6 is 23.2 Å². The van der Waals surface area contributed by atoms with Crippen molar-refractivity contribution in [2.75, 3.05) is 18.5 Å². The quantitative estimate of drug-likeness (QED) is 0.481. The predicted molar refractivity (Wildman–Crippen MR) is 117 cm³/mol. The molecule has 0 bridgehead atoms. The van der Waals surface area contributed by atoms with Crippen molar-refractivity contribution in [2.45, 2.75) is 12.1 Å². The van der Waals surface area contributed by atoms with Gasteiger partial charge >= 0.3 is 5.97 Å². The maximum atomic E-state index is 12.9. The van der Waals surface area contributed by atoms with E-state index in [4.69, 9.17) is 32.4 Å². The summed E-state index contributed by atoms with van der Waals surface area (Å²) in [7, 11) is 0. The van der Waals surface area contributed by atoms with Crippen molar-refractivity contribution in [1.82, 2.24) is 5.32 Å². The monoisotopic (exact) mass is 460 g/mol. The molecule has 160 valence electrons. The lowest BCUT2D eigenvalue weighted by atomic mass is 9.95. The van der Waals surface area contributed by atoms with Crippen LogP contribution in [0.1, 0.15) is 16.1 Å². The van der Waals surface area contributed by atoms with Gasteiger partial charge in [-0.2, -0.15) is 0 Å². The molecule has 4 rings (SSSR count). The maximum Gasteiger partial charge on any atom is 0.337 e. The van der Waals surface area contributed by atoms with E-state index in [0.29, 0.717) is 27.1 Å². The van der Waals surface area contributed by atoms with Crippen molar-refractivity contribution >= 4 is 40.8 Å². The summed E-state index contributed by atoms with van der Waals surface area (Å²) in [5.41, 5.74) is -0.0823. The van der Waals surface area contributed by atoms with E-state index in [1.165, 1.54) is 6.07 Å². The average molecular weight is 461 g/mol. The van der Waals surface area contributed by atoms with Crippen LogP contribution in [0.4, 0.5) is 5.69 Å². The van der Waals surface area contributed by atoms with Crippen molar-refractivity contribution in [3.05, 3.63) is 76.0 Å². The first-order chi connectivity index (χ1) is 14.9. The Morgan fingerprint density at radius 3 is 2.55 bits per heavy atom. The molecule has 2 aromatic carbocycles. The summed E-state index contributed by atoms with van der Waals surface area (Å²) in [6.45, 7) is 0.569. The standard InChI is InChI=1S/C22H18Cl2N2O5/c23-13-5-7-17(24)16(9-13)19-8-6-14(31-19)10-25-22(11-30-12-22)21(29)26-18-4-2-1-3-15(18)20(27)28/h1-9,25H,10-12H2,(H,26,29)(H,27,28). The Hall–Kier alpha value is -2.84. The number of carboxylic acids is 1. The third-order valence-electron chi connectivity index (χ3n) is 4.99. The molecule has 0 unspecified atom stereocenters. The number of para-hydroxylation sites is 1. The van der Waals surface area contributed by atoms with Gasteiger partial charge in [-0.3, -0.25) is 10.1 Å². The van der Waals surface area contributed by atoms with Crippen molar-refractivity contribution in [1.29, 1.82) is 0 Å².